The van der Waals surface area contributed by atoms with Gasteiger partial charge in [0.2, 0.25) is 17.8 Å². The molecular formula is C14H26N6O. The Morgan fingerprint density at radius 1 is 1.05 bits per heavy atom. The summed E-state index contributed by atoms with van der Waals surface area (Å²) in [6.45, 7) is 3.76. The molecule has 0 unspecified atom stereocenters. The summed E-state index contributed by atoms with van der Waals surface area (Å²) in [5.41, 5.74) is 0. The number of hydrogen-bond acceptors (Lipinski definition) is 7. The van der Waals surface area contributed by atoms with Crippen molar-refractivity contribution in [3.8, 4) is 0 Å². The van der Waals surface area contributed by atoms with E-state index in [9.17, 15) is 0 Å². The minimum Gasteiger partial charge on any atom is -0.385 e. The Morgan fingerprint density at radius 2 is 1.81 bits per heavy atom. The molecule has 0 radical (unpaired) electrons. The first kappa shape index (κ1) is 15.8. The van der Waals surface area contributed by atoms with E-state index in [1.807, 2.05) is 7.05 Å². The topological polar surface area (TPSA) is 75.2 Å². The second-order valence-electron chi connectivity index (χ2n) is 5.21. The first-order chi connectivity index (χ1) is 10.3. The van der Waals surface area contributed by atoms with Crippen LogP contribution in [0.25, 0.3) is 0 Å². The summed E-state index contributed by atoms with van der Waals surface area (Å²) >= 11 is 0. The quantitative estimate of drug-likeness (QED) is 0.672. The van der Waals surface area contributed by atoms with Crippen LogP contribution < -0.4 is 15.5 Å². The van der Waals surface area contributed by atoms with Gasteiger partial charge in [-0.1, -0.05) is 0 Å². The molecule has 1 aromatic heterocycles. The fourth-order valence-corrected chi connectivity index (χ4v) is 2.36. The molecule has 0 saturated carbocycles. The molecule has 7 heteroatoms. The van der Waals surface area contributed by atoms with Crippen molar-refractivity contribution in [3.05, 3.63) is 0 Å². The van der Waals surface area contributed by atoms with Crippen LogP contribution in [0, 0.1) is 0 Å². The van der Waals surface area contributed by atoms with Crippen molar-refractivity contribution in [1.29, 1.82) is 0 Å². The number of nitrogens with zero attached hydrogens (tertiary/aromatic N) is 4. The van der Waals surface area contributed by atoms with Crippen LogP contribution in [0.3, 0.4) is 0 Å². The maximum atomic E-state index is 5.04. The molecule has 7 nitrogen and oxygen atoms in total. The third kappa shape index (κ3) is 5.00. The molecule has 0 bridgehead atoms. The predicted octanol–water partition coefficient (Wildman–Crippen LogP) is 1.74. The number of aromatic nitrogens is 3. The van der Waals surface area contributed by atoms with E-state index in [-0.39, 0.29) is 0 Å². The molecule has 118 valence electrons. The van der Waals surface area contributed by atoms with Crippen molar-refractivity contribution in [2.75, 3.05) is 55.9 Å². The van der Waals surface area contributed by atoms with E-state index in [0.29, 0.717) is 11.9 Å². The normalized spacial score (nSPS) is 14.5. The standard InChI is InChI=1S/C14H26N6O/c1-15-12-17-13(16-8-4-3-7-11-21-2)19-14(18-12)20-9-5-6-10-20/h3-11H2,1-2H3,(H2,15,16,17,18,19). The zero-order valence-electron chi connectivity index (χ0n) is 13.1. The van der Waals surface area contributed by atoms with Crippen molar-refractivity contribution in [2.45, 2.75) is 32.1 Å². The van der Waals surface area contributed by atoms with Crippen molar-refractivity contribution < 1.29 is 4.74 Å². The van der Waals surface area contributed by atoms with Crippen LogP contribution in [0.15, 0.2) is 0 Å². The average molecular weight is 294 g/mol. The monoisotopic (exact) mass is 294 g/mol. The van der Waals surface area contributed by atoms with E-state index in [1.54, 1.807) is 7.11 Å². The smallest absolute Gasteiger partial charge is 0.231 e. The van der Waals surface area contributed by atoms with Crippen LogP contribution in [0.1, 0.15) is 32.1 Å². The molecule has 0 atom stereocenters. The molecule has 0 aliphatic carbocycles. The van der Waals surface area contributed by atoms with Gasteiger partial charge >= 0.3 is 0 Å². The average Bonchev–Trinajstić information content (AvgIpc) is 3.05. The van der Waals surface area contributed by atoms with Gasteiger partial charge in [0, 0.05) is 40.4 Å². The molecular weight excluding hydrogens is 268 g/mol. The van der Waals surface area contributed by atoms with Crippen LogP contribution >= 0.6 is 0 Å². The molecule has 21 heavy (non-hydrogen) atoms. The van der Waals surface area contributed by atoms with Gasteiger partial charge in [0.15, 0.2) is 0 Å². The van der Waals surface area contributed by atoms with Crippen molar-refractivity contribution >= 4 is 17.8 Å². The van der Waals surface area contributed by atoms with Gasteiger partial charge in [-0.25, -0.2) is 0 Å². The summed E-state index contributed by atoms with van der Waals surface area (Å²) in [5, 5.41) is 6.29. The summed E-state index contributed by atoms with van der Waals surface area (Å²) in [5.74, 6) is 2.05. The summed E-state index contributed by atoms with van der Waals surface area (Å²) in [6.07, 6.45) is 5.74. The van der Waals surface area contributed by atoms with E-state index in [0.717, 1.165) is 51.5 Å². The molecule has 2 N–H and O–H groups in total. The van der Waals surface area contributed by atoms with Gasteiger partial charge in [-0.05, 0) is 32.1 Å². The highest BCUT2D eigenvalue weighted by Gasteiger charge is 2.16. The molecule has 2 heterocycles. The van der Waals surface area contributed by atoms with E-state index >= 15 is 0 Å². The Morgan fingerprint density at radius 3 is 2.52 bits per heavy atom. The molecule has 1 aliphatic rings. The Bertz CT molecular complexity index is 422. The molecule has 2 rings (SSSR count). The van der Waals surface area contributed by atoms with Gasteiger partial charge in [0.05, 0.1) is 0 Å². The lowest BCUT2D eigenvalue weighted by atomic mass is 10.2. The van der Waals surface area contributed by atoms with Gasteiger partial charge in [-0.2, -0.15) is 15.0 Å². The molecule has 0 spiro atoms. The SMILES string of the molecule is CNc1nc(NCCCCCOC)nc(N2CCCC2)n1. The highest BCUT2D eigenvalue weighted by atomic mass is 16.5. The Balaban J connectivity index is 1.87. The molecule has 1 saturated heterocycles. The zero-order valence-corrected chi connectivity index (χ0v) is 13.1. The van der Waals surface area contributed by atoms with Gasteiger partial charge < -0.3 is 20.3 Å². The first-order valence-corrected chi connectivity index (χ1v) is 7.75. The zero-order chi connectivity index (χ0) is 14.9. The van der Waals surface area contributed by atoms with E-state index < -0.39 is 0 Å². The lowest BCUT2D eigenvalue weighted by Gasteiger charge is -2.16. The molecule has 1 aromatic rings. The molecule has 1 aliphatic heterocycles. The van der Waals surface area contributed by atoms with Crippen molar-refractivity contribution in [2.24, 2.45) is 0 Å². The number of unbranched alkanes of at least 4 members (excludes halogenated alkanes) is 2. The van der Waals surface area contributed by atoms with Crippen LogP contribution in [0.5, 0.6) is 0 Å². The summed E-state index contributed by atoms with van der Waals surface area (Å²) < 4.78 is 5.04. The third-order valence-electron chi connectivity index (χ3n) is 3.54. The van der Waals surface area contributed by atoms with Crippen molar-refractivity contribution in [1.82, 2.24) is 15.0 Å². The fourth-order valence-electron chi connectivity index (χ4n) is 2.36. The Hall–Kier alpha value is -1.63. The minimum absolute atomic E-state index is 0.619. The van der Waals surface area contributed by atoms with Gasteiger partial charge in [-0.15, -0.1) is 0 Å². The maximum absolute atomic E-state index is 5.04. The summed E-state index contributed by atoms with van der Waals surface area (Å²) in [4.78, 5) is 15.5. The van der Waals surface area contributed by atoms with Crippen molar-refractivity contribution in [3.63, 3.8) is 0 Å². The maximum Gasteiger partial charge on any atom is 0.231 e. The van der Waals surface area contributed by atoms with Gasteiger partial charge in [0.25, 0.3) is 0 Å². The van der Waals surface area contributed by atoms with Crippen LogP contribution in [0.4, 0.5) is 17.8 Å². The van der Waals surface area contributed by atoms with Crippen LogP contribution in [-0.4, -0.2) is 55.4 Å². The van der Waals surface area contributed by atoms with Crippen LogP contribution in [-0.2, 0) is 4.74 Å². The number of methoxy groups -OCH3 is 1. The largest absolute Gasteiger partial charge is 0.385 e. The second-order valence-corrected chi connectivity index (χ2v) is 5.21. The third-order valence-corrected chi connectivity index (χ3v) is 3.54. The highest BCUT2D eigenvalue weighted by molar-refractivity contribution is 5.43. The number of anilines is 3. The first-order valence-electron chi connectivity index (χ1n) is 7.75. The highest BCUT2D eigenvalue weighted by Crippen LogP contribution is 2.18. The number of nitrogens with one attached hydrogen (secondary N) is 2. The molecule has 0 amide bonds. The fraction of sp³-hybridized carbons (Fsp3) is 0.786. The van der Waals surface area contributed by atoms with Gasteiger partial charge in [0.1, 0.15) is 0 Å². The van der Waals surface area contributed by atoms with E-state index in [2.05, 4.69) is 30.5 Å². The molecule has 1 fully saturated rings. The summed E-state index contributed by atoms with van der Waals surface area (Å²) in [6, 6.07) is 0. The van der Waals surface area contributed by atoms with E-state index in [4.69, 9.17) is 4.74 Å². The number of hydrogen-bond donors (Lipinski definition) is 2. The number of ether oxygens (including phenoxy) is 1. The Labute approximate surface area is 126 Å². The summed E-state index contributed by atoms with van der Waals surface area (Å²) in [7, 11) is 3.57. The lowest BCUT2D eigenvalue weighted by molar-refractivity contribution is 0.192. The second kappa shape index (κ2) is 8.61. The van der Waals surface area contributed by atoms with E-state index in [1.165, 1.54) is 12.8 Å². The number of rotatable bonds is 9. The lowest BCUT2D eigenvalue weighted by Crippen LogP contribution is -2.22. The van der Waals surface area contributed by atoms with Gasteiger partial charge in [-0.3, -0.25) is 0 Å². The Kier molecular flexibility index (Phi) is 6.46. The minimum atomic E-state index is 0.619. The predicted molar refractivity (Wildman–Crippen MR) is 85.0 cm³/mol. The molecule has 0 aromatic carbocycles. The van der Waals surface area contributed by atoms with Crippen LogP contribution in [0.2, 0.25) is 0 Å².